The van der Waals surface area contributed by atoms with Crippen molar-refractivity contribution in [3.8, 4) is 11.5 Å². The highest BCUT2D eigenvalue weighted by molar-refractivity contribution is 6.02. The van der Waals surface area contributed by atoms with Gasteiger partial charge in [-0.25, -0.2) is 4.68 Å². The van der Waals surface area contributed by atoms with Crippen LogP contribution in [-0.4, -0.2) is 46.6 Å². The van der Waals surface area contributed by atoms with Crippen molar-refractivity contribution in [2.75, 3.05) is 19.1 Å². The highest BCUT2D eigenvalue weighted by atomic mass is 16.5. The summed E-state index contributed by atoms with van der Waals surface area (Å²) in [6, 6.07) is 17.5. The van der Waals surface area contributed by atoms with Gasteiger partial charge in [-0.05, 0) is 64.4 Å². The smallest absolute Gasteiger partial charge is 0.249 e. The quantitative estimate of drug-likeness (QED) is 0.354. The van der Waals surface area contributed by atoms with Gasteiger partial charge in [-0.2, -0.15) is 0 Å². The predicted octanol–water partition coefficient (Wildman–Crippen LogP) is 4.75. The van der Waals surface area contributed by atoms with E-state index >= 15 is 0 Å². The molecule has 0 fully saturated rings. The van der Waals surface area contributed by atoms with Gasteiger partial charge in [0.2, 0.25) is 11.8 Å². The standard InChI is InChI=1S/C30H35N5O4/c1-19-15-16-23(20(2)17-19)35(26(36)18-34-24-13-9-8-12-22(24)32-33-34)27(29(37)31-30(3,4)5)21-11-10-14-25(38-6)28(21)39-7/h8-17,27H,18H2,1-7H3,(H,31,37)/t27-/m0/s1. The Morgan fingerprint density at radius 3 is 2.41 bits per heavy atom. The Labute approximate surface area is 228 Å². The molecule has 0 radical (unpaired) electrons. The van der Waals surface area contributed by atoms with Gasteiger partial charge >= 0.3 is 0 Å². The average Bonchev–Trinajstić information content (AvgIpc) is 3.28. The average molecular weight is 530 g/mol. The molecule has 4 rings (SSSR count). The summed E-state index contributed by atoms with van der Waals surface area (Å²) in [5.41, 5.74) is 3.84. The second kappa shape index (κ2) is 11.1. The number of nitrogens with zero attached hydrogens (tertiary/aromatic N) is 4. The number of nitrogens with one attached hydrogen (secondary N) is 1. The molecule has 9 nitrogen and oxygen atoms in total. The number of carbonyl (C=O) groups is 2. The monoisotopic (exact) mass is 529 g/mol. The first-order valence-corrected chi connectivity index (χ1v) is 12.7. The highest BCUT2D eigenvalue weighted by Gasteiger charge is 2.38. The fraction of sp³-hybridized carbons (Fsp3) is 0.333. The minimum absolute atomic E-state index is 0.126. The Morgan fingerprint density at radius 1 is 1.00 bits per heavy atom. The number of methoxy groups -OCH3 is 2. The zero-order chi connectivity index (χ0) is 28.3. The number of carbonyl (C=O) groups excluding carboxylic acids is 2. The lowest BCUT2D eigenvalue weighted by atomic mass is 9.98. The molecule has 1 atom stereocenters. The van der Waals surface area contributed by atoms with Gasteiger partial charge in [0.15, 0.2) is 11.5 Å². The molecular weight excluding hydrogens is 494 g/mol. The first-order valence-electron chi connectivity index (χ1n) is 12.7. The summed E-state index contributed by atoms with van der Waals surface area (Å²) in [5.74, 6) is 0.143. The van der Waals surface area contributed by atoms with Gasteiger partial charge in [0.05, 0.1) is 19.7 Å². The van der Waals surface area contributed by atoms with Crippen LogP contribution in [0.15, 0.2) is 60.7 Å². The Kier molecular flexibility index (Phi) is 7.90. The lowest BCUT2D eigenvalue weighted by molar-refractivity contribution is -0.128. The number of hydrogen-bond donors (Lipinski definition) is 1. The highest BCUT2D eigenvalue weighted by Crippen LogP contribution is 2.40. The van der Waals surface area contributed by atoms with Gasteiger partial charge in [0.25, 0.3) is 0 Å². The van der Waals surface area contributed by atoms with Crippen molar-refractivity contribution in [2.45, 2.75) is 52.7 Å². The number of hydrogen-bond acceptors (Lipinski definition) is 6. The van der Waals surface area contributed by atoms with Gasteiger partial charge in [-0.3, -0.25) is 14.5 Å². The molecule has 2 amide bonds. The third-order valence-electron chi connectivity index (χ3n) is 6.32. The maximum atomic E-state index is 14.3. The van der Waals surface area contributed by atoms with Gasteiger partial charge in [-0.1, -0.05) is 47.2 Å². The molecule has 0 unspecified atom stereocenters. The number of benzene rings is 3. The Hall–Kier alpha value is -4.40. The van der Waals surface area contributed by atoms with E-state index in [0.717, 1.165) is 16.6 Å². The number of aryl methyl sites for hydroxylation is 2. The van der Waals surface area contributed by atoms with Crippen LogP contribution in [0.2, 0.25) is 0 Å². The third kappa shape index (κ3) is 5.87. The summed E-state index contributed by atoms with van der Waals surface area (Å²) in [7, 11) is 3.06. The number of amides is 2. The van der Waals surface area contributed by atoms with Gasteiger partial charge in [0.1, 0.15) is 18.1 Å². The van der Waals surface area contributed by atoms with E-state index in [-0.39, 0.29) is 18.4 Å². The molecule has 0 aliphatic carbocycles. The molecule has 3 aromatic carbocycles. The number of anilines is 1. The SMILES string of the molecule is COc1cccc([C@@H](C(=O)NC(C)(C)C)N(C(=O)Cn2nnc3ccccc32)c2ccc(C)cc2C)c1OC. The van der Waals surface area contributed by atoms with Crippen molar-refractivity contribution < 1.29 is 19.1 Å². The fourth-order valence-corrected chi connectivity index (χ4v) is 4.69. The maximum absolute atomic E-state index is 14.3. The summed E-state index contributed by atoms with van der Waals surface area (Å²) < 4.78 is 12.8. The van der Waals surface area contributed by atoms with E-state index in [4.69, 9.17) is 9.47 Å². The van der Waals surface area contributed by atoms with Crippen LogP contribution in [0.4, 0.5) is 5.69 Å². The lowest BCUT2D eigenvalue weighted by Crippen LogP contribution is -2.50. The second-order valence-electron chi connectivity index (χ2n) is 10.5. The van der Waals surface area contributed by atoms with Crippen LogP contribution in [-0.2, 0) is 16.1 Å². The van der Waals surface area contributed by atoms with E-state index < -0.39 is 11.6 Å². The maximum Gasteiger partial charge on any atom is 0.249 e. The normalized spacial score (nSPS) is 12.2. The van der Waals surface area contributed by atoms with Crippen LogP contribution >= 0.6 is 0 Å². The minimum Gasteiger partial charge on any atom is -0.493 e. The van der Waals surface area contributed by atoms with Crippen molar-refractivity contribution in [3.05, 3.63) is 77.4 Å². The minimum atomic E-state index is -1.07. The summed E-state index contributed by atoms with van der Waals surface area (Å²) in [6.07, 6.45) is 0. The molecule has 204 valence electrons. The first kappa shape index (κ1) is 27.6. The molecule has 39 heavy (non-hydrogen) atoms. The topological polar surface area (TPSA) is 98.6 Å². The van der Waals surface area contributed by atoms with Gasteiger partial charge < -0.3 is 14.8 Å². The molecule has 0 saturated carbocycles. The molecule has 0 saturated heterocycles. The number of fused-ring (bicyclic) bond motifs is 1. The van der Waals surface area contributed by atoms with Crippen molar-refractivity contribution in [1.82, 2.24) is 20.3 Å². The molecule has 0 bridgehead atoms. The van der Waals surface area contributed by atoms with Crippen molar-refractivity contribution in [1.29, 1.82) is 0 Å². The van der Waals surface area contributed by atoms with Crippen LogP contribution in [0, 0.1) is 13.8 Å². The summed E-state index contributed by atoms with van der Waals surface area (Å²) in [5, 5.41) is 11.5. The number of para-hydroxylation sites is 2. The number of ether oxygens (including phenoxy) is 2. The van der Waals surface area contributed by atoms with Crippen molar-refractivity contribution >= 4 is 28.5 Å². The third-order valence-corrected chi connectivity index (χ3v) is 6.32. The van der Waals surface area contributed by atoms with E-state index in [9.17, 15) is 9.59 Å². The van der Waals surface area contributed by atoms with Crippen LogP contribution < -0.4 is 19.7 Å². The summed E-state index contributed by atoms with van der Waals surface area (Å²) >= 11 is 0. The largest absolute Gasteiger partial charge is 0.493 e. The zero-order valence-corrected chi connectivity index (χ0v) is 23.5. The summed E-state index contributed by atoms with van der Waals surface area (Å²) in [4.78, 5) is 30.0. The Balaban J connectivity index is 1.93. The van der Waals surface area contributed by atoms with E-state index in [2.05, 4.69) is 15.6 Å². The Morgan fingerprint density at radius 2 is 1.74 bits per heavy atom. The second-order valence-corrected chi connectivity index (χ2v) is 10.5. The van der Waals surface area contributed by atoms with Gasteiger partial charge in [-0.15, -0.1) is 5.10 Å². The van der Waals surface area contributed by atoms with Crippen molar-refractivity contribution in [2.24, 2.45) is 0 Å². The molecule has 1 aromatic heterocycles. The molecule has 1 heterocycles. The molecule has 9 heteroatoms. The van der Waals surface area contributed by atoms with Crippen molar-refractivity contribution in [3.63, 3.8) is 0 Å². The molecule has 0 spiro atoms. The molecule has 1 N–H and O–H groups in total. The van der Waals surface area contributed by atoms with E-state index in [0.29, 0.717) is 28.3 Å². The van der Waals surface area contributed by atoms with Crippen LogP contribution in [0.25, 0.3) is 11.0 Å². The van der Waals surface area contributed by atoms with E-state index in [1.165, 1.54) is 19.1 Å². The molecule has 4 aromatic rings. The molecule has 0 aliphatic rings. The predicted molar refractivity (Wildman–Crippen MR) is 151 cm³/mol. The molecule has 0 aliphatic heterocycles. The number of rotatable bonds is 8. The number of aromatic nitrogens is 3. The van der Waals surface area contributed by atoms with E-state index in [1.807, 2.05) is 77.1 Å². The lowest BCUT2D eigenvalue weighted by Gasteiger charge is -2.35. The Bertz CT molecular complexity index is 1510. The summed E-state index contributed by atoms with van der Waals surface area (Å²) in [6.45, 7) is 9.48. The van der Waals surface area contributed by atoms with E-state index in [1.54, 1.807) is 22.9 Å². The molecular formula is C30H35N5O4. The van der Waals surface area contributed by atoms with Gasteiger partial charge in [0, 0.05) is 16.8 Å². The fourth-order valence-electron chi connectivity index (χ4n) is 4.69. The van der Waals surface area contributed by atoms with Crippen LogP contribution in [0.3, 0.4) is 0 Å². The first-order chi connectivity index (χ1) is 18.5. The van der Waals surface area contributed by atoms with Crippen LogP contribution in [0.1, 0.15) is 43.5 Å². The zero-order valence-electron chi connectivity index (χ0n) is 23.5. The van der Waals surface area contributed by atoms with Crippen LogP contribution in [0.5, 0.6) is 11.5 Å².